The largest absolute Gasteiger partial charge is 0.254 e. The van der Waals surface area contributed by atoms with Crippen molar-refractivity contribution in [2.45, 2.75) is 0 Å². The van der Waals surface area contributed by atoms with Gasteiger partial charge in [-0.15, -0.1) is 0 Å². The van der Waals surface area contributed by atoms with Crippen molar-refractivity contribution < 1.29 is 0 Å². The Morgan fingerprint density at radius 2 is 1.19 bits per heavy atom. The summed E-state index contributed by atoms with van der Waals surface area (Å²) in [5, 5.41) is 2.36. The number of nitrogens with zero attached hydrogens (tertiary/aromatic N) is 2. The average Bonchev–Trinajstić information content (AvgIpc) is 2.36. The van der Waals surface area contributed by atoms with Gasteiger partial charge in [0.15, 0.2) is 0 Å². The predicted octanol–water partition coefficient (Wildman–Crippen LogP) is 3.99. The second-order valence-electron chi connectivity index (χ2n) is 3.43. The Morgan fingerprint density at radius 3 is 1.62 bits per heavy atom. The highest BCUT2D eigenvalue weighted by Gasteiger charge is 2.11. The molecule has 0 amide bonds. The van der Waals surface area contributed by atoms with Crippen LogP contribution in [0, 0.1) is 7.14 Å². The number of hydrogen-bond donors (Lipinski definition) is 0. The van der Waals surface area contributed by atoms with Gasteiger partial charge in [0.2, 0.25) is 0 Å². The number of aromatic nitrogens is 2. The van der Waals surface area contributed by atoms with E-state index in [1.54, 1.807) is 0 Å². The van der Waals surface area contributed by atoms with Crippen LogP contribution < -0.4 is 0 Å². The van der Waals surface area contributed by atoms with Gasteiger partial charge in [0.1, 0.15) is 0 Å². The molecule has 3 rings (SSSR count). The maximum Gasteiger partial charge on any atom is 0.0975 e. The minimum absolute atomic E-state index is 0.989. The van der Waals surface area contributed by atoms with Crippen LogP contribution >= 0.6 is 45.2 Å². The molecule has 2 heterocycles. The summed E-state index contributed by atoms with van der Waals surface area (Å²) in [5.41, 5.74) is 1.98. The number of pyridine rings is 2. The van der Waals surface area contributed by atoms with E-state index in [2.05, 4.69) is 67.3 Å². The van der Waals surface area contributed by atoms with Crippen molar-refractivity contribution in [2.24, 2.45) is 0 Å². The maximum atomic E-state index is 4.44. The highest BCUT2D eigenvalue weighted by Crippen LogP contribution is 2.31. The minimum Gasteiger partial charge on any atom is -0.254 e. The summed E-state index contributed by atoms with van der Waals surface area (Å²) in [7, 11) is 0. The Bertz CT molecular complexity index is 634. The molecular weight excluding hydrogens is 426 g/mol. The Kier molecular flexibility index (Phi) is 2.70. The molecule has 0 radical (unpaired) electrons. The van der Waals surface area contributed by atoms with Crippen molar-refractivity contribution in [2.75, 3.05) is 0 Å². The average molecular weight is 432 g/mol. The van der Waals surface area contributed by atoms with E-state index in [1.165, 1.54) is 17.9 Å². The van der Waals surface area contributed by atoms with E-state index in [0.717, 1.165) is 11.0 Å². The molecule has 4 heteroatoms. The first-order chi connectivity index (χ1) is 7.79. The lowest BCUT2D eigenvalue weighted by Crippen LogP contribution is -1.91. The summed E-state index contributed by atoms with van der Waals surface area (Å²) in [6.07, 6.45) is 3.64. The zero-order valence-electron chi connectivity index (χ0n) is 8.11. The van der Waals surface area contributed by atoms with Crippen LogP contribution in [0.2, 0.25) is 0 Å². The smallest absolute Gasteiger partial charge is 0.0975 e. The molecule has 0 N–H and O–H groups in total. The molecule has 3 aromatic rings. The first-order valence-corrected chi connectivity index (χ1v) is 6.91. The van der Waals surface area contributed by atoms with Crippen LogP contribution in [-0.4, -0.2) is 9.97 Å². The Morgan fingerprint density at radius 1 is 0.750 bits per heavy atom. The van der Waals surface area contributed by atoms with Gasteiger partial charge in [-0.3, -0.25) is 9.97 Å². The van der Waals surface area contributed by atoms with E-state index < -0.39 is 0 Å². The summed E-state index contributed by atoms with van der Waals surface area (Å²) < 4.78 is 2.50. The third-order valence-corrected chi connectivity index (χ3v) is 5.78. The first kappa shape index (κ1) is 10.6. The van der Waals surface area contributed by atoms with Gasteiger partial charge < -0.3 is 0 Å². The zero-order valence-corrected chi connectivity index (χ0v) is 12.4. The van der Waals surface area contributed by atoms with Gasteiger partial charge in [-0.25, -0.2) is 0 Å². The highest BCUT2D eigenvalue weighted by atomic mass is 127. The van der Waals surface area contributed by atoms with Crippen molar-refractivity contribution in [3.05, 3.63) is 43.8 Å². The predicted molar refractivity (Wildman–Crippen MR) is 82.5 cm³/mol. The van der Waals surface area contributed by atoms with E-state index in [9.17, 15) is 0 Å². The second kappa shape index (κ2) is 4.06. The SMILES string of the molecule is Ic1c(I)c2cccnc2c2ncccc12. The molecule has 0 spiro atoms. The number of halogens is 2. The maximum absolute atomic E-state index is 4.44. The van der Waals surface area contributed by atoms with Crippen LogP contribution in [0.5, 0.6) is 0 Å². The molecule has 0 aliphatic carbocycles. The fourth-order valence-electron chi connectivity index (χ4n) is 1.78. The second-order valence-corrected chi connectivity index (χ2v) is 5.58. The lowest BCUT2D eigenvalue weighted by molar-refractivity contribution is 1.37. The number of rotatable bonds is 0. The number of hydrogen-bond acceptors (Lipinski definition) is 2. The molecule has 0 bridgehead atoms. The van der Waals surface area contributed by atoms with Gasteiger partial charge >= 0.3 is 0 Å². The van der Waals surface area contributed by atoms with Crippen molar-refractivity contribution in [3.63, 3.8) is 0 Å². The molecule has 2 aromatic heterocycles. The summed E-state index contributed by atoms with van der Waals surface area (Å²) in [6.45, 7) is 0. The molecule has 2 nitrogen and oxygen atoms in total. The monoisotopic (exact) mass is 432 g/mol. The van der Waals surface area contributed by atoms with E-state index in [-0.39, 0.29) is 0 Å². The fraction of sp³-hybridized carbons (Fsp3) is 0. The number of benzene rings is 1. The highest BCUT2D eigenvalue weighted by molar-refractivity contribution is 14.1. The van der Waals surface area contributed by atoms with Crippen LogP contribution in [0.15, 0.2) is 36.7 Å². The van der Waals surface area contributed by atoms with Gasteiger partial charge in [-0.05, 0) is 57.3 Å². The standard InChI is InChI=1S/C12H6I2N2/c13-9-7-3-1-5-15-11(7)12-8(10(9)14)4-2-6-16-12/h1-6H. The summed E-state index contributed by atoms with van der Waals surface area (Å²) in [5.74, 6) is 0. The topological polar surface area (TPSA) is 25.8 Å². The van der Waals surface area contributed by atoms with Gasteiger partial charge in [-0.1, -0.05) is 12.1 Å². The molecule has 0 aliphatic heterocycles. The molecule has 0 unspecified atom stereocenters. The fourth-order valence-corrected chi connectivity index (χ4v) is 3.23. The molecular formula is C12H6I2N2. The summed E-state index contributed by atoms with van der Waals surface area (Å²) in [6, 6.07) is 8.13. The van der Waals surface area contributed by atoms with Gasteiger partial charge in [0.05, 0.1) is 11.0 Å². The third-order valence-electron chi connectivity index (χ3n) is 2.51. The molecule has 16 heavy (non-hydrogen) atoms. The molecule has 0 saturated carbocycles. The van der Waals surface area contributed by atoms with Gasteiger partial charge in [-0.2, -0.15) is 0 Å². The van der Waals surface area contributed by atoms with Crippen LogP contribution in [0.1, 0.15) is 0 Å². The van der Waals surface area contributed by atoms with E-state index >= 15 is 0 Å². The van der Waals surface area contributed by atoms with Gasteiger partial charge in [0.25, 0.3) is 0 Å². The summed E-state index contributed by atoms with van der Waals surface area (Å²) in [4.78, 5) is 8.88. The lowest BCUT2D eigenvalue weighted by Gasteiger charge is -2.07. The normalized spacial score (nSPS) is 11.1. The van der Waals surface area contributed by atoms with E-state index in [1.807, 2.05) is 24.5 Å². The first-order valence-electron chi connectivity index (χ1n) is 4.75. The van der Waals surface area contributed by atoms with Crippen LogP contribution in [0.3, 0.4) is 0 Å². The van der Waals surface area contributed by atoms with Crippen LogP contribution in [0.25, 0.3) is 21.8 Å². The van der Waals surface area contributed by atoms with E-state index in [0.29, 0.717) is 0 Å². The van der Waals surface area contributed by atoms with Crippen molar-refractivity contribution in [1.29, 1.82) is 0 Å². The minimum atomic E-state index is 0.989. The molecule has 78 valence electrons. The van der Waals surface area contributed by atoms with Crippen LogP contribution in [-0.2, 0) is 0 Å². The number of fused-ring (bicyclic) bond motifs is 3. The molecule has 0 saturated heterocycles. The molecule has 0 atom stereocenters. The van der Waals surface area contributed by atoms with Gasteiger partial charge in [0, 0.05) is 30.3 Å². The van der Waals surface area contributed by atoms with Crippen LogP contribution in [0.4, 0.5) is 0 Å². The zero-order chi connectivity index (χ0) is 11.1. The molecule has 1 aromatic carbocycles. The Balaban J connectivity index is 2.69. The molecule has 0 fully saturated rings. The lowest BCUT2D eigenvalue weighted by atomic mass is 10.1. The molecule has 0 aliphatic rings. The third kappa shape index (κ3) is 1.50. The summed E-state index contributed by atoms with van der Waals surface area (Å²) >= 11 is 4.75. The Labute approximate surface area is 120 Å². The quantitative estimate of drug-likeness (QED) is 0.397. The van der Waals surface area contributed by atoms with E-state index in [4.69, 9.17) is 0 Å². The van der Waals surface area contributed by atoms with Crippen molar-refractivity contribution in [3.8, 4) is 0 Å². The van der Waals surface area contributed by atoms with Crippen molar-refractivity contribution >= 4 is 67.0 Å². The Hall–Kier alpha value is -0.500. The van der Waals surface area contributed by atoms with Crippen molar-refractivity contribution in [1.82, 2.24) is 9.97 Å².